The maximum absolute atomic E-state index is 13.3. The summed E-state index contributed by atoms with van der Waals surface area (Å²) in [5, 5.41) is 2.59. The first kappa shape index (κ1) is 22.5. The lowest BCUT2D eigenvalue weighted by atomic mass is 10.1. The monoisotopic (exact) mass is 481 g/mol. The molecule has 0 bridgehead atoms. The highest BCUT2D eigenvalue weighted by Gasteiger charge is 2.34. The molecule has 0 saturated carbocycles. The van der Waals surface area contributed by atoms with Crippen molar-refractivity contribution in [1.29, 1.82) is 0 Å². The summed E-state index contributed by atoms with van der Waals surface area (Å²) >= 11 is 6.22. The Morgan fingerprint density at radius 2 is 1.94 bits per heavy atom. The third-order valence-corrected chi connectivity index (χ3v) is 7.78. The van der Waals surface area contributed by atoms with E-state index in [9.17, 15) is 22.4 Å². The van der Waals surface area contributed by atoms with Gasteiger partial charge in [0, 0.05) is 32.2 Å². The molecule has 2 aromatic carbocycles. The number of carbonyl (C=O) groups is 2. The van der Waals surface area contributed by atoms with E-state index in [2.05, 4.69) is 5.32 Å². The number of hydrogen-bond donors (Lipinski definition) is 1. The van der Waals surface area contributed by atoms with Gasteiger partial charge in [-0.3, -0.25) is 9.59 Å². The zero-order valence-electron chi connectivity index (χ0n) is 17.2. The van der Waals surface area contributed by atoms with Gasteiger partial charge in [0.25, 0.3) is 5.91 Å². The molecule has 0 aromatic heterocycles. The minimum absolute atomic E-state index is 0.0354. The van der Waals surface area contributed by atoms with Crippen LogP contribution >= 0.6 is 11.6 Å². The molecule has 2 heterocycles. The van der Waals surface area contributed by atoms with E-state index in [1.807, 2.05) is 0 Å². The van der Waals surface area contributed by atoms with Gasteiger partial charge in [-0.2, -0.15) is 4.31 Å². The lowest BCUT2D eigenvalue weighted by molar-refractivity contribution is -0.131. The molecule has 170 valence electrons. The van der Waals surface area contributed by atoms with Gasteiger partial charge in [0.05, 0.1) is 17.1 Å². The van der Waals surface area contributed by atoms with Gasteiger partial charge in [0.1, 0.15) is 16.5 Å². The third kappa shape index (κ3) is 4.43. The fourth-order valence-corrected chi connectivity index (χ4v) is 5.60. The van der Waals surface area contributed by atoms with E-state index in [-0.39, 0.29) is 60.1 Å². The van der Waals surface area contributed by atoms with E-state index in [1.54, 1.807) is 24.0 Å². The Balaban J connectivity index is 1.46. The number of sulfonamides is 1. The summed E-state index contributed by atoms with van der Waals surface area (Å²) in [6.45, 7) is 2.16. The third-order valence-electron chi connectivity index (χ3n) is 5.42. The molecule has 32 heavy (non-hydrogen) atoms. The number of nitrogens with one attached hydrogen (secondary N) is 1. The number of fused-ring (bicyclic) bond motifs is 1. The average Bonchev–Trinajstić information content (AvgIpc) is 2.74. The number of carbonyl (C=O) groups excluding carboxylic acids is 2. The molecule has 0 unspecified atom stereocenters. The number of hydrogen-bond acceptors (Lipinski definition) is 5. The first-order chi connectivity index (χ1) is 15.1. The second kappa shape index (κ2) is 8.68. The van der Waals surface area contributed by atoms with E-state index < -0.39 is 21.9 Å². The van der Waals surface area contributed by atoms with E-state index in [4.69, 9.17) is 16.3 Å². The van der Waals surface area contributed by atoms with Crippen molar-refractivity contribution < 1.29 is 27.1 Å². The van der Waals surface area contributed by atoms with Crippen LogP contribution in [0.2, 0.25) is 5.02 Å². The number of ether oxygens (including phenoxy) is 1. The number of piperazine rings is 1. The molecular weight excluding hydrogens is 461 g/mol. The number of amides is 2. The van der Waals surface area contributed by atoms with Gasteiger partial charge in [-0.25, -0.2) is 12.8 Å². The number of halogens is 2. The van der Waals surface area contributed by atoms with E-state index >= 15 is 0 Å². The van der Waals surface area contributed by atoms with Gasteiger partial charge in [-0.15, -0.1) is 0 Å². The van der Waals surface area contributed by atoms with E-state index in [0.717, 1.165) is 0 Å². The van der Waals surface area contributed by atoms with Crippen LogP contribution in [0.15, 0.2) is 41.3 Å². The van der Waals surface area contributed by atoms with Crippen LogP contribution < -0.4 is 10.1 Å². The van der Waals surface area contributed by atoms with Crippen LogP contribution in [0.4, 0.5) is 10.1 Å². The number of rotatable bonds is 4. The van der Waals surface area contributed by atoms with Crippen molar-refractivity contribution in [3.05, 3.63) is 52.8 Å². The van der Waals surface area contributed by atoms with Crippen molar-refractivity contribution in [2.24, 2.45) is 0 Å². The normalized spacial score (nSPS) is 19.2. The first-order valence-corrected chi connectivity index (χ1v) is 11.8. The van der Waals surface area contributed by atoms with Gasteiger partial charge >= 0.3 is 0 Å². The van der Waals surface area contributed by atoms with Crippen molar-refractivity contribution in [3.8, 4) is 5.75 Å². The largest absolute Gasteiger partial charge is 0.479 e. The summed E-state index contributed by atoms with van der Waals surface area (Å²) in [4.78, 5) is 25.7. The summed E-state index contributed by atoms with van der Waals surface area (Å²) in [5.41, 5.74) is 0.872. The molecule has 0 spiro atoms. The maximum Gasteiger partial charge on any atom is 0.265 e. The highest BCUT2D eigenvalue weighted by molar-refractivity contribution is 7.89. The maximum atomic E-state index is 13.3. The second-order valence-corrected chi connectivity index (χ2v) is 9.93. The van der Waals surface area contributed by atoms with Crippen molar-refractivity contribution >= 4 is 39.1 Å². The molecule has 2 aliphatic rings. The van der Waals surface area contributed by atoms with Crippen molar-refractivity contribution in [3.63, 3.8) is 0 Å². The lowest BCUT2D eigenvalue weighted by Crippen LogP contribution is -2.50. The summed E-state index contributed by atoms with van der Waals surface area (Å²) in [6.07, 6.45) is -0.713. The first-order valence-electron chi connectivity index (χ1n) is 9.98. The smallest absolute Gasteiger partial charge is 0.265 e. The van der Waals surface area contributed by atoms with Gasteiger partial charge in [0.2, 0.25) is 15.9 Å². The number of anilines is 1. The molecule has 1 saturated heterocycles. The minimum atomic E-state index is -3.95. The standard InChI is InChI=1S/C21H21ClFN3O5S/c1-13-21(28)24-17-11-16(22)19(12-18(17)31-13)32(29,30)26-7-5-25(6-8-26)20(27)10-14-3-2-4-15(23)9-14/h2-4,9,11-13H,5-8,10H2,1H3,(H,24,28)/t13-/m1/s1. The van der Waals surface area contributed by atoms with Crippen LogP contribution in [0.25, 0.3) is 0 Å². The molecule has 2 aromatic rings. The molecule has 2 amide bonds. The zero-order valence-corrected chi connectivity index (χ0v) is 18.7. The van der Waals surface area contributed by atoms with Crippen molar-refractivity contribution in [2.75, 3.05) is 31.5 Å². The van der Waals surface area contributed by atoms with Gasteiger partial charge in [-0.1, -0.05) is 23.7 Å². The molecule has 11 heteroatoms. The zero-order chi connectivity index (χ0) is 23.0. The SMILES string of the molecule is C[C@H]1Oc2cc(S(=O)(=O)N3CCN(C(=O)Cc4cccc(F)c4)CC3)c(Cl)cc2NC1=O. The molecule has 2 aliphatic heterocycles. The topological polar surface area (TPSA) is 96.0 Å². The molecule has 0 radical (unpaired) electrons. The van der Waals surface area contributed by atoms with E-state index in [0.29, 0.717) is 11.3 Å². The summed E-state index contributed by atoms with van der Waals surface area (Å²) < 4.78 is 46.5. The Kier molecular flexibility index (Phi) is 6.11. The predicted octanol–water partition coefficient (Wildman–Crippen LogP) is 2.27. The van der Waals surface area contributed by atoms with Crippen LogP contribution in [0, 0.1) is 5.82 Å². The molecular formula is C21H21ClFN3O5S. The Labute approximate surface area is 189 Å². The number of benzene rings is 2. The Morgan fingerprint density at radius 3 is 2.62 bits per heavy atom. The second-order valence-electron chi connectivity index (χ2n) is 7.62. The van der Waals surface area contributed by atoms with Crippen LogP contribution in [0.3, 0.4) is 0 Å². The Bertz CT molecular complexity index is 1180. The summed E-state index contributed by atoms with van der Waals surface area (Å²) in [7, 11) is -3.95. The highest BCUT2D eigenvalue weighted by Crippen LogP contribution is 2.38. The Morgan fingerprint density at radius 1 is 1.22 bits per heavy atom. The van der Waals surface area contributed by atoms with Crippen molar-refractivity contribution in [1.82, 2.24) is 9.21 Å². The molecule has 4 rings (SSSR count). The van der Waals surface area contributed by atoms with Crippen LogP contribution in [0.1, 0.15) is 12.5 Å². The predicted molar refractivity (Wildman–Crippen MR) is 116 cm³/mol. The lowest BCUT2D eigenvalue weighted by Gasteiger charge is -2.34. The quantitative estimate of drug-likeness (QED) is 0.722. The molecule has 8 nitrogen and oxygen atoms in total. The van der Waals surface area contributed by atoms with E-state index in [1.165, 1.54) is 28.6 Å². The van der Waals surface area contributed by atoms with Gasteiger partial charge in [-0.05, 0) is 30.7 Å². The average molecular weight is 482 g/mol. The van der Waals surface area contributed by atoms with Gasteiger partial charge < -0.3 is 15.0 Å². The fraction of sp³-hybridized carbons (Fsp3) is 0.333. The van der Waals surface area contributed by atoms with Gasteiger partial charge in [0.15, 0.2) is 6.10 Å². The molecule has 1 N–H and O–H groups in total. The highest BCUT2D eigenvalue weighted by atomic mass is 35.5. The molecule has 1 fully saturated rings. The number of nitrogens with zero attached hydrogens (tertiary/aromatic N) is 2. The van der Waals surface area contributed by atoms with Crippen LogP contribution in [-0.2, 0) is 26.0 Å². The summed E-state index contributed by atoms with van der Waals surface area (Å²) in [6, 6.07) is 8.49. The van der Waals surface area contributed by atoms with Crippen LogP contribution in [-0.4, -0.2) is 61.7 Å². The fourth-order valence-electron chi connectivity index (χ4n) is 3.66. The van der Waals surface area contributed by atoms with Crippen LogP contribution in [0.5, 0.6) is 5.75 Å². The minimum Gasteiger partial charge on any atom is -0.479 e. The van der Waals surface area contributed by atoms with Crippen molar-refractivity contribution in [2.45, 2.75) is 24.3 Å². The molecule has 0 aliphatic carbocycles. The summed E-state index contributed by atoms with van der Waals surface area (Å²) in [5.74, 6) is -0.726. The molecule has 1 atom stereocenters. The Hall–Kier alpha value is -2.69.